The molecule has 0 bridgehead atoms. The molecule has 8 nitrogen and oxygen atoms in total. The highest BCUT2D eigenvalue weighted by molar-refractivity contribution is 14.0. The van der Waals surface area contributed by atoms with Crippen LogP contribution in [-0.4, -0.2) is 101 Å². The number of para-hydroxylation sites is 1. The van der Waals surface area contributed by atoms with Gasteiger partial charge in [-0.2, -0.15) is 0 Å². The van der Waals surface area contributed by atoms with Crippen molar-refractivity contribution < 1.29 is 14.2 Å². The van der Waals surface area contributed by atoms with Crippen LogP contribution in [0.25, 0.3) is 0 Å². The van der Waals surface area contributed by atoms with Crippen molar-refractivity contribution in [1.82, 2.24) is 20.4 Å². The largest absolute Gasteiger partial charge is 0.492 e. The van der Waals surface area contributed by atoms with Gasteiger partial charge in [0.1, 0.15) is 12.4 Å². The number of aliphatic imine (C=N–C) groups is 1. The van der Waals surface area contributed by atoms with E-state index >= 15 is 0 Å². The van der Waals surface area contributed by atoms with Crippen LogP contribution < -0.4 is 15.4 Å². The highest BCUT2D eigenvalue weighted by atomic mass is 127. The molecule has 2 aliphatic heterocycles. The molecule has 3 rings (SSSR count). The average Bonchev–Trinajstić information content (AvgIpc) is 2.83. The summed E-state index contributed by atoms with van der Waals surface area (Å²) in [7, 11) is 1.82. The Labute approximate surface area is 216 Å². The summed E-state index contributed by atoms with van der Waals surface area (Å²) in [5, 5.41) is 6.97. The van der Waals surface area contributed by atoms with Gasteiger partial charge in [-0.3, -0.25) is 14.8 Å². The second kappa shape index (κ2) is 15.7. The van der Waals surface area contributed by atoms with Crippen LogP contribution in [0.4, 0.5) is 0 Å². The Hall–Kier alpha value is -1.14. The molecule has 0 aromatic heterocycles. The Balaban J connectivity index is 0.00000385. The average molecular weight is 576 g/mol. The van der Waals surface area contributed by atoms with Gasteiger partial charge in [-0.15, -0.1) is 24.0 Å². The lowest BCUT2D eigenvalue weighted by Gasteiger charge is -2.37. The second-order valence-corrected chi connectivity index (χ2v) is 8.68. The molecule has 2 heterocycles. The van der Waals surface area contributed by atoms with Crippen LogP contribution in [0.1, 0.15) is 19.4 Å². The van der Waals surface area contributed by atoms with Gasteiger partial charge in [0.05, 0.1) is 26.4 Å². The molecule has 2 fully saturated rings. The molecule has 1 unspecified atom stereocenters. The fourth-order valence-corrected chi connectivity index (χ4v) is 4.20. The van der Waals surface area contributed by atoms with Crippen LogP contribution >= 0.6 is 24.0 Å². The summed E-state index contributed by atoms with van der Waals surface area (Å²) < 4.78 is 17.0. The van der Waals surface area contributed by atoms with Crippen molar-refractivity contribution in [2.75, 3.05) is 79.4 Å². The Kier molecular flexibility index (Phi) is 13.4. The van der Waals surface area contributed by atoms with Crippen LogP contribution in [0.3, 0.4) is 0 Å². The van der Waals surface area contributed by atoms with Gasteiger partial charge in [-0.25, -0.2) is 0 Å². The van der Waals surface area contributed by atoms with E-state index in [4.69, 9.17) is 14.2 Å². The van der Waals surface area contributed by atoms with Gasteiger partial charge in [-0.1, -0.05) is 32.0 Å². The second-order valence-electron chi connectivity index (χ2n) is 8.68. The van der Waals surface area contributed by atoms with Gasteiger partial charge >= 0.3 is 0 Å². The lowest BCUT2D eigenvalue weighted by Crippen LogP contribution is -2.52. The molecule has 1 atom stereocenters. The van der Waals surface area contributed by atoms with Crippen LogP contribution in [-0.2, 0) is 16.0 Å². The fraction of sp³-hybridized carbons (Fsp3) is 0.708. The molecule has 0 radical (unpaired) electrons. The highest BCUT2D eigenvalue weighted by Crippen LogP contribution is 2.18. The van der Waals surface area contributed by atoms with Crippen LogP contribution in [0.2, 0.25) is 0 Å². The van der Waals surface area contributed by atoms with E-state index in [1.165, 1.54) is 0 Å². The van der Waals surface area contributed by atoms with Gasteiger partial charge in [0.25, 0.3) is 0 Å². The standard InChI is InChI=1S/C24H41N5O3.HI/c1-20(2)22(29-11-15-31-16-12-29)19-27-24(25-3)26-18-21-6-4-5-7-23(21)32-17-10-28-8-13-30-14-9-28;/h4-7,20,22H,8-19H2,1-3H3,(H2,25,26,27);1H. The number of guanidine groups is 1. The van der Waals surface area contributed by atoms with E-state index in [1.54, 1.807) is 0 Å². The number of hydrogen-bond acceptors (Lipinski definition) is 6. The predicted molar refractivity (Wildman–Crippen MR) is 144 cm³/mol. The number of ether oxygens (including phenoxy) is 3. The van der Waals surface area contributed by atoms with Gasteiger partial charge in [0.15, 0.2) is 5.96 Å². The molecule has 0 aliphatic carbocycles. The molecule has 9 heteroatoms. The normalized spacial score (nSPS) is 19.1. The highest BCUT2D eigenvalue weighted by Gasteiger charge is 2.24. The Morgan fingerprint density at radius 2 is 1.70 bits per heavy atom. The first-order valence-electron chi connectivity index (χ1n) is 11.9. The van der Waals surface area contributed by atoms with Crippen molar-refractivity contribution in [3.63, 3.8) is 0 Å². The van der Waals surface area contributed by atoms with Gasteiger partial charge in [0, 0.05) is 64.5 Å². The van der Waals surface area contributed by atoms with E-state index in [9.17, 15) is 0 Å². The monoisotopic (exact) mass is 575 g/mol. The molecular weight excluding hydrogens is 533 g/mol. The van der Waals surface area contributed by atoms with Crippen LogP contribution in [0, 0.1) is 5.92 Å². The van der Waals surface area contributed by atoms with Crippen molar-refractivity contribution in [3.8, 4) is 5.75 Å². The van der Waals surface area contributed by atoms with Crippen molar-refractivity contribution in [2.24, 2.45) is 10.9 Å². The van der Waals surface area contributed by atoms with Crippen molar-refractivity contribution in [2.45, 2.75) is 26.4 Å². The minimum Gasteiger partial charge on any atom is -0.492 e. The van der Waals surface area contributed by atoms with E-state index < -0.39 is 0 Å². The van der Waals surface area contributed by atoms with E-state index in [1.807, 2.05) is 19.2 Å². The third-order valence-corrected chi connectivity index (χ3v) is 6.17. The first-order valence-corrected chi connectivity index (χ1v) is 11.9. The molecule has 0 saturated carbocycles. The lowest BCUT2D eigenvalue weighted by atomic mass is 10.0. The molecule has 2 N–H and O–H groups in total. The zero-order valence-corrected chi connectivity index (χ0v) is 22.8. The van der Waals surface area contributed by atoms with Gasteiger partial charge in [0.2, 0.25) is 0 Å². The number of hydrogen-bond donors (Lipinski definition) is 2. The van der Waals surface area contributed by atoms with Crippen molar-refractivity contribution in [3.05, 3.63) is 29.8 Å². The van der Waals surface area contributed by atoms with E-state index in [0.29, 0.717) is 25.1 Å². The lowest BCUT2D eigenvalue weighted by molar-refractivity contribution is 0.00752. The minimum absolute atomic E-state index is 0. The molecule has 1 aromatic rings. The predicted octanol–water partition coefficient (Wildman–Crippen LogP) is 2.04. The maximum Gasteiger partial charge on any atom is 0.191 e. The number of nitrogens with one attached hydrogen (secondary N) is 2. The molecule has 2 aliphatic rings. The molecule has 188 valence electrons. The summed E-state index contributed by atoms with van der Waals surface area (Å²) >= 11 is 0. The SMILES string of the molecule is CN=C(NCc1ccccc1OCCN1CCOCC1)NCC(C(C)C)N1CCOCC1.I. The number of morpholine rings is 2. The van der Waals surface area contributed by atoms with Gasteiger partial charge < -0.3 is 24.8 Å². The first kappa shape index (κ1) is 28.1. The van der Waals surface area contributed by atoms with Crippen LogP contribution in [0.5, 0.6) is 5.75 Å². The summed E-state index contributed by atoms with van der Waals surface area (Å²) in [6.45, 7) is 14.9. The summed E-state index contributed by atoms with van der Waals surface area (Å²) in [4.78, 5) is 9.33. The Bertz CT molecular complexity index is 694. The third-order valence-electron chi connectivity index (χ3n) is 6.17. The molecule has 0 amide bonds. The van der Waals surface area contributed by atoms with E-state index in [0.717, 1.165) is 83.0 Å². The van der Waals surface area contributed by atoms with Crippen molar-refractivity contribution in [1.29, 1.82) is 0 Å². The maximum atomic E-state index is 6.11. The zero-order chi connectivity index (χ0) is 22.6. The molecule has 1 aromatic carbocycles. The summed E-state index contributed by atoms with van der Waals surface area (Å²) in [6, 6.07) is 8.67. The van der Waals surface area contributed by atoms with E-state index in [2.05, 4.69) is 51.4 Å². The number of nitrogens with zero attached hydrogens (tertiary/aromatic N) is 3. The summed E-state index contributed by atoms with van der Waals surface area (Å²) in [6.07, 6.45) is 0. The zero-order valence-electron chi connectivity index (χ0n) is 20.4. The van der Waals surface area contributed by atoms with E-state index in [-0.39, 0.29) is 24.0 Å². The van der Waals surface area contributed by atoms with Gasteiger partial charge in [-0.05, 0) is 12.0 Å². The quantitative estimate of drug-likeness (QED) is 0.252. The Morgan fingerprint density at radius 1 is 1.03 bits per heavy atom. The Morgan fingerprint density at radius 3 is 2.36 bits per heavy atom. The maximum absolute atomic E-state index is 6.11. The minimum atomic E-state index is 0. The third kappa shape index (κ3) is 9.56. The molecule has 0 spiro atoms. The number of halogens is 1. The smallest absolute Gasteiger partial charge is 0.191 e. The topological polar surface area (TPSA) is 70.6 Å². The molecule has 2 saturated heterocycles. The number of benzene rings is 1. The summed E-state index contributed by atoms with van der Waals surface area (Å²) in [5.41, 5.74) is 1.13. The molecule has 33 heavy (non-hydrogen) atoms. The van der Waals surface area contributed by atoms with Crippen molar-refractivity contribution >= 4 is 29.9 Å². The first-order chi connectivity index (χ1) is 15.7. The fourth-order valence-electron chi connectivity index (χ4n) is 4.20. The molecular formula is C24H42IN5O3. The van der Waals surface area contributed by atoms with Crippen LogP contribution in [0.15, 0.2) is 29.3 Å². The summed E-state index contributed by atoms with van der Waals surface area (Å²) in [5.74, 6) is 2.29. The number of rotatable bonds is 10.